The Bertz CT molecular complexity index is 981. The molecule has 0 atom stereocenters. The van der Waals surface area contributed by atoms with Crippen LogP contribution in [0.15, 0.2) is 36.4 Å². The summed E-state index contributed by atoms with van der Waals surface area (Å²) in [7, 11) is 0. The maximum absolute atomic E-state index is 13.3. The molecule has 2 heterocycles. The zero-order valence-electron chi connectivity index (χ0n) is 15.9. The summed E-state index contributed by atoms with van der Waals surface area (Å²) in [5, 5.41) is 12.4. The maximum atomic E-state index is 13.3. The van der Waals surface area contributed by atoms with E-state index in [1.165, 1.54) is 0 Å². The van der Waals surface area contributed by atoms with Gasteiger partial charge in [0.05, 0.1) is 5.69 Å². The van der Waals surface area contributed by atoms with Crippen LogP contribution in [-0.4, -0.2) is 31.2 Å². The average Bonchev–Trinajstić information content (AvgIpc) is 2.96. The molecule has 0 unspecified atom stereocenters. The number of hydrogen-bond acceptors (Lipinski definition) is 4. The van der Waals surface area contributed by atoms with Gasteiger partial charge >= 0.3 is 12.1 Å². The van der Waals surface area contributed by atoms with Gasteiger partial charge in [-0.15, -0.1) is 0 Å². The third-order valence-electron chi connectivity index (χ3n) is 3.28. The van der Waals surface area contributed by atoms with Crippen LogP contribution in [0.1, 0.15) is 42.5 Å². The first-order valence-corrected chi connectivity index (χ1v) is 8.33. The van der Waals surface area contributed by atoms with E-state index >= 15 is 0 Å². The van der Waals surface area contributed by atoms with E-state index in [1.807, 2.05) is 27.7 Å². The van der Waals surface area contributed by atoms with E-state index in [4.69, 9.17) is 10.8 Å². The number of nitrogens with two attached hydrogens (primary N) is 1. The zero-order chi connectivity index (χ0) is 21.3. The number of halogens is 3. The molecule has 0 saturated carbocycles. The molecule has 9 heteroatoms. The summed E-state index contributed by atoms with van der Waals surface area (Å²) in [5.41, 5.74) is 5.17. The quantitative estimate of drug-likeness (QED) is 0.681. The molecule has 3 rings (SSSR count). The third-order valence-corrected chi connectivity index (χ3v) is 3.28. The number of benzene rings is 1. The molecule has 0 aliphatic heterocycles. The molecule has 0 amide bonds. The van der Waals surface area contributed by atoms with Crippen LogP contribution in [0.4, 0.5) is 13.2 Å². The predicted molar refractivity (Wildman–Crippen MR) is 99.1 cm³/mol. The van der Waals surface area contributed by atoms with Gasteiger partial charge in [0.25, 0.3) is 0 Å². The summed E-state index contributed by atoms with van der Waals surface area (Å²) in [6.45, 7) is 7.75. The minimum Gasteiger partial charge on any atom is -0.476 e. The fourth-order valence-corrected chi connectivity index (χ4v) is 2.15. The van der Waals surface area contributed by atoms with Gasteiger partial charge in [-0.05, 0) is 33.8 Å². The van der Waals surface area contributed by atoms with Gasteiger partial charge in [0.2, 0.25) is 0 Å². The molecule has 6 nitrogen and oxygen atoms in total. The predicted octanol–water partition coefficient (Wildman–Crippen LogP) is 4.17. The molecule has 150 valence electrons. The fraction of sp³-hybridized carbons (Fsp3) is 0.316. The number of alkyl halides is 3. The normalized spacial score (nSPS) is 11.9. The van der Waals surface area contributed by atoms with Crippen LogP contribution in [0.5, 0.6) is 0 Å². The summed E-state index contributed by atoms with van der Waals surface area (Å²) >= 11 is 0. The number of nitrogens with zero attached hydrogens (tertiary/aromatic N) is 3. The van der Waals surface area contributed by atoms with Crippen molar-refractivity contribution >= 4 is 11.6 Å². The van der Waals surface area contributed by atoms with Crippen molar-refractivity contribution in [1.29, 1.82) is 0 Å². The Hall–Kier alpha value is -2.94. The van der Waals surface area contributed by atoms with Crippen LogP contribution in [-0.2, 0) is 6.18 Å². The molecule has 3 aromatic rings. The monoisotopic (exact) mass is 394 g/mol. The molecule has 0 bridgehead atoms. The third kappa shape index (κ3) is 5.53. The van der Waals surface area contributed by atoms with E-state index in [0.717, 1.165) is 17.7 Å². The number of rotatable bonds is 2. The Labute approximate surface area is 159 Å². The molecule has 2 aromatic heterocycles. The van der Waals surface area contributed by atoms with Crippen LogP contribution in [0, 0.1) is 6.92 Å². The van der Waals surface area contributed by atoms with E-state index in [1.54, 1.807) is 24.3 Å². The molecule has 1 aromatic carbocycles. The number of fused-ring (bicyclic) bond motifs is 1. The Morgan fingerprint density at radius 3 is 2.11 bits per heavy atom. The highest BCUT2D eigenvalue weighted by Crippen LogP contribution is 2.32. The van der Waals surface area contributed by atoms with E-state index in [9.17, 15) is 18.0 Å². The molecule has 3 N–H and O–H groups in total. The molecular weight excluding hydrogens is 373 g/mol. The minimum atomic E-state index is -4.69. The van der Waals surface area contributed by atoms with E-state index in [-0.39, 0.29) is 16.9 Å². The van der Waals surface area contributed by atoms with Gasteiger partial charge in [0.15, 0.2) is 17.0 Å². The lowest BCUT2D eigenvalue weighted by Gasteiger charge is -2.11. The Morgan fingerprint density at radius 1 is 1.11 bits per heavy atom. The van der Waals surface area contributed by atoms with E-state index in [2.05, 4.69) is 10.1 Å². The van der Waals surface area contributed by atoms with Crippen LogP contribution in [0.3, 0.4) is 0 Å². The minimum absolute atomic E-state index is 0. The van der Waals surface area contributed by atoms with E-state index in [0.29, 0.717) is 10.1 Å². The van der Waals surface area contributed by atoms with Crippen LogP contribution in [0.25, 0.3) is 16.9 Å². The first kappa shape index (κ1) is 21.4. The Balaban J connectivity index is 0.000000500. The van der Waals surface area contributed by atoms with Crippen molar-refractivity contribution in [3.63, 3.8) is 0 Å². The topological polar surface area (TPSA) is 93.5 Å². The second-order valence-corrected chi connectivity index (χ2v) is 7.36. The Kier molecular flexibility index (Phi) is 5.79. The molecule has 0 aliphatic rings. The average molecular weight is 394 g/mol. The van der Waals surface area contributed by atoms with Gasteiger partial charge in [-0.1, -0.05) is 29.8 Å². The van der Waals surface area contributed by atoms with Gasteiger partial charge in [0.1, 0.15) is 0 Å². The van der Waals surface area contributed by atoms with Gasteiger partial charge < -0.3 is 10.8 Å². The summed E-state index contributed by atoms with van der Waals surface area (Å²) in [5.74, 6) is -1.42. The molecule has 0 fully saturated rings. The Morgan fingerprint density at radius 2 is 1.64 bits per heavy atom. The van der Waals surface area contributed by atoms with E-state index < -0.39 is 23.5 Å². The smallest absolute Gasteiger partial charge is 0.433 e. The molecule has 0 saturated heterocycles. The number of aromatic nitrogens is 3. The van der Waals surface area contributed by atoms with Gasteiger partial charge in [-0.3, -0.25) is 0 Å². The highest BCUT2D eigenvalue weighted by molar-refractivity contribution is 5.86. The number of carboxylic acids is 1. The lowest BCUT2D eigenvalue weighted by Crippen LogP contribution is -2.26. The van der Waals surface area contributed by atoms with Crippen molar-refractivity contribution in [2.24, 2.45) is 5.73 Å². The van der Waals surface area contributed by atoms with Crippen molar-refractivity contribution in [2.75, 3.05) is 0 Å². The second kappa shape index (κ2) is 7.59. The van der Waals surface area contributed by atoms with Crippen LogP contribution in [0.2, 0.25) is 0 Å². The largest absolute Gasteiger partial charge is 0.476 e. The van der Waals surface area contributed by atoms with Crippen molar-refractivity contribution < 1.29 is 23.1 Å². The lowest BCUT2D eigenvalue weighted by molar-refractivity contribution is -0.142. The van der Waals surface area contributed by atoms with Crippen molar-refractivity contribution in [1.82, 2.24) is 14.6 Å². The summed E-state index contributed by atoms with van der Waals surface area (Å²) in [6.07, 6.45) is -4.69. The molecule has 0 radical (unpaired) electrons. The van der Waals surface area contributed by atoms with Crippen molar-refractivity contribution in [3.05, 3.63) is 53.3 Å². The summed E-state index contributed by atoms with van der Waals surface area (Å²) < 4.78 is 40.3. The molecule has 0 spiro atoms. The number of aromatic carboxylic acids is 1. The fourth-order valence-electron chi connectivity index (χ4n) is 2.15. The SMILES string of the molecule is CC(C)(C)N.Cc1ccc(-c2cc(C(F)(F)F)n3nc(C(=O)O)cc3n2)cc1. The summed E-state index contributed by atoms with van der Waals surface area (Å²) in [6, 6.07) is 8.69. The highest BCUT2D eigenvalue weighted by Gasteiger charge is 2.35. The molecule has 0 aliphatic carbocycles. The number of aryl methyl sites for hydroxylation is 1. The van der Waals surface area contributed by atoms with Crippen molar-refractivity contribution in [3.8, 4) is 11.3 Å². The number of carboxylic acid groups (broad SMARTS) is 1. The first-order valence-electron chi connectivity index (χ1n) is 8.33. The molecule has 28 heavy (non-hydrogen) atoms. The zero-order valence-corrected chi connectivity index (χ0v) is 15.9. The van der Waals surface area contributed by atoms with Crippen LogP contribution < -0.4 is 5.73 Å². The highest BCUT2D eigenvalue weighted by atomic mass is 19.4. The van der Waals surface area contributed by atoms with Gasteiger partial charge in [-0.2, -0.15) is 18.3 Å². The molecular formula is C19H21F3N4O2. The summed E-state index contributed by atoms with van der Waals surface area (Å²) in [4.78, 5) is 15.0. The standard InChI is InChI=1S/C15H10F3N3O2.C4H11N/c1-8-2-4-9(5-3-8)10-6-12(15(16,17)18)21-13(19-10)7-11(20-21)14(22)23;1-4(2,3)5/h2-7H,1H3,(H,22,23);5H2,1-3H3. The second-order valence-electron chi connectivity index (χ2n) is 7.36. The number of hydrogen-bond donors (Lipinski definition) is 2. The van der Waals surface area contributed by atoms with Gasteiger partial charge in [0, 0.05) is 17.2 Å². The van der Waals surface area contributed by atoms with Crippen molar-refractivity contribution in [2.45, 2.75) is 39.4 Å². The lowest BCUT2D eigenvalue weighted by atomic mass is 10.1. The maximum Gasteiger partial charge on any atom is 0.433 e. The van der Waals surface area contributed by atoms with Crippen LogP contribution >= 0.6 is 0 Å². The number of carbonyl (C=O) groups is 1. The first-order chi connectivity index (χ1) is 12.8. The van der Waals surface area contributed by atoms with Gasteiger partial charge in [-0.25, -0.2) is 14.3 Å².